The lowest BCUT2D eigenvalue weighted by molar-refractivity contribution is 0.343. The molecule has 0 unspecified atom stereocenters. The molecule has 4 aromatic carbocycles. The van der Waals surface area contributed by atoms with Gasteiger partial charge in [-0.2, -0.15) is 0 Å². The number of hydrogen-bond acceptors (Lipinski definition) is 3. The molecule has 4 aromatic rings. The van der Waals surface area contributed by atoms with Gasteiger partial charge in [-0.25, -0.2) is 0 Å². The zero-order valence-electron chi connectivity index (χ0n) is 16.8. The van der Waals surface area contributed by atoms with Crippen molar-refractivity contribution in [1.82, 2.24) is 0 Å². The van der Waals surface area contributed by atoms with Crippen molar-refractivity contribution in [2.45, 2.75) is 0 Å². The SMILES string of the molecule is N/C(=C\C(Cl)=N/Oc1ccc(-c2ccccc2)cc1)c1ccc(-c2ccccc2)cc1. The minimum absolute atomic E-state index is 0.164. The van der Waals surface area contributed by atoms with E-state index in [1.165, 1.54) is 0 Å². The number of nitrogens with two attached hydrogens (primary N) is 1. The Kier molecular flexibility index (Phi) is 6.46. The van der Waals surface area contributed by atoms with Crippen molar-refractivity contribution in [3.05, 3.63) is 121 Å². The van der Waals surface area contributed by atoms with Gasteiger partial charge in [0.05, 0.1) is 0 Å². The van der Waals surface area contributed by atoms with E-state index in [0.29, 0.717) is 11.4 Å². The molecule has 4 heteroatoms. The Bertz CT molecular complexity index is 1180. The van der Waals surface area contributed by atoms with E-state index in [1.54, 1.807) is 6.08 Å². The zero-order chi connectivity index (χ0) is 21.5. The number of halogens is 1. The second kappa shape index (κ2) is 9.79. The predicted molar refractivity (Wildman–Crippen MR) is 130 cm³/mol. The van der Waals surface area contributed by atoms with Gasteiger partial charge in [0.15, 0.2) is 10.9 Å². The predicted octanol–water partition coefficient (Wildman–Crippen LogP) is 6.95. The van der Waals surface area contributed by atoms with Crippen molar-refractivity contribution >= 4 is 22.5 Å². The summed E-state index contributed by atoms with van der Waals surface area (Å²) >= 11 is 6.20. The monoisotopic (exact) mass is 424 g/mol. The maximum absolute atomic E-state index is 6.20. The summed E-state index contributed by atoms with van der Waals surface area (Å²) < 4.78 is 0. The highest BCUT2D eigenvalue weighted by atomic mass is 35.5. The summed E-state index contributed by atoms with van der Waals surface area (Å²) in [6.07, 6.45) is 1.58. The summed E-state index contributed by atoms with van der Waals surface area (Å²) in [6, 6.07) is 35.9. The molecular formula is C27H21ClN2O. The minimum atomic E-state index is 0.164. The maximum atomic E-state index is 6.20. The van der Waals surface area contributed by atoms with Crippen LogP contribution >= 0.6 is 11.6 Å². The standard InChI is InChI=1S/C27H21ClN2O/c28-27(30-31-25-17-15-23(16-18-25)21-9-5-2-6-10-21)19-26(29)24-13-11-22(12-14-24)20-7-3-1-4-8-20/h1-19H,29H2/b26-19-,30-27+. The number of benzene rings is 4. The summed E-state index contributed by atoms with van der Waals surface area (Å²) in [5, 5.41) is 4.12. The van der Waals surface area contributed by atoms with Crippen LogP contribution in [-0.2, 0) is 0 Å². The summed E-state index contributed by atoms with van der Waals surface area (Å²) in [7, 11) is 0. The third-order valence-electron chi connectivity index (χ3n) is 4.80. The topological polar surface area (TPSA) is 47.6 Å². The lowest BCUT2D eigenvalue weighted by atomic mass is 10.0. The van der Waals surface area contributed by atoms with Gasteiger partial charge in [0, 0.05) is 11.8 Å². The molecule has 0 saturated carbocycles. The molecule has 0 heterocycles. The van der Waals surface area contributed by atoms with Crippen LogP contribution in [0.3, 0.4) is 0 Å². The first-order valence-electron chi connectivity index (χ1n) is 9.88. The third kappa shape index (κ3) is 5.41. The van der Waals surface area contributed by atoms with Crippen molar-refractivity contribution < 1.29 is 4.84 Å². The van der Waals surface area contributed by atoms with Gasteiger partial charge in [0.25, 0.3) is 0 Å². The third-order valence-corrected chi connectivity index (χ3v) is 4.98. The van der Waals surface area contributed by atoms with Crippen LogP contribution in [0, 0.1) is 0 Å². The molecule has 0 aliphatic carbocycles. The zero-order valence-corrected chi connectivity index (χ0v) is 17.5. The van der Waals surface area contributed by atoms with Gasteiger partial charge in [-0.15, -0.1) is 0 Å². The molecule has 2 N–H and O–H groups in total. The van der Waals surface area contributed by atoms with Crippen LogP contribution in [0.2, 0.25) is 0 Å². The molecule has 0 aromatic heterocycles. The van der Waals surface area contributed by atoms with E-state index in [0.717, 1.165) is 27.8 Å². The highest BCUT2D eigenvalue weighted by Crippen LogP contribution is 2.23. The highest BCUT2D eigenvalue weighted by molar-refractivity contribution is 6.68. The largest absolute Gasteiger partial charge is 0.398 e. The van der Waals surface area contributed by atoms with Crippen LogP contribution in [0.4, 0.5) is 0 Å². The van der Waals surface area contributed by atoms with Gasteiger partial charge in [0.1, 0.15) is 0 Å². The molecule has 0 aliphatic rings. The fourth-order valence-electron chi connectivity index (χ4n) is 3.16. The number of rotatable bonds is 6. The maximum Gasteiger partial charge on any atom is 0.170 e. The van der Waals surface area contributed by atoms with Gasteiger partial charge in [0.2, 0.25) is 0 Å². The number of hydrogen-bond donors (Lipinski definition) is 1. The Morgan fingerprint density at radius 1 is 0.645 bits per heavy atom. The summed E-state index contributed by atoms with van der Waals surface area (Å²) in [4.78, 5) is 5.43. The van der Waals surface area contributed by atoms with Crippen molar-refractivity contribution in [3.63, 3.8) is 0 Å². The second-order valence-electron chi connectivity index (χ2n) is 6.94. The quantitative estimate of drug-likeness (QED) is 0.269. The molecule has 0 spiro atoms. The van der Waals surface area contributed by atoms with Crippen LogP contribution in [-0.4, -0.2) is 5.17 Å². The van der Waals surface area contributed by atoms with E-state index in [9.17, 15) is 0 Å². The Morgan fingerprint density at radius 3 is 1.61 bits per heavy atom. The van der Waals surface area contributed by atoms with E-state index in [4.69, 9.17) is 22.2 Å². The molecule has 0 amide bonds. The smallest absolute Gasteiger partial charge is 0.170 e. The highest BCUT2D eigenvalue weighted by Gasteiger charge is 2.02. The van der Waals surface area contributed by atoms with Gasteiger partial charge in [-0.05, 0) is 39.9 Å². The molecule has 0 aliphatic heterocycles. The first kappa shape index (κ1) is 20.5. The summed E-state index contributed by atoms with van der Waals surface area (Å²) in [5.41, 5.74) is 12.1. The first-order valence-corrected chi connectivity index (χ1v) is 10.3. The van der Waals surface area contributed by atoms with Crippen LogP contribution < -0.4 is 10.6 Å². The summed E-state index contributed by atoms with van der Waals surface area (Å²) in [6.45, 7) is 0. The average Bonchev–Trinajstić information content (AvgIpc) is 2.84. The number of oxime groups is 1. The Labute approximate surface area is 187 Å². The van der Waals surface area contributed by atoms with E-state index >= 15 is 0 Å². The Balaban J connectivity index is 1.41. The van der Waals surface area contributed by atoms with Crippen molar-refractivity contribution in [1.29, 1.82) is 0 Å². The Morgan fingerprint density at radius 2 is 1.10 bits per heavy atom. The fraction of sp³-hybridized carbons (Fsp3) is 0. The average molecular weight is 425 g/mol. The number of nitrogens with zero attached hydrogens (tertiary/aromatic N) is 1. The molecular weight excluding hydrogens is 404 g/mol. The van der Waals surface area contributed by atoms with Crippen molar-refractivity contribution in [3.8, 4) is 28.0 Å². The Hall–Kier alpha value is -3.82. The molecule has 0 radical (unpaired) electrons. The normalized spacial score (nSPS) is 11.9. The van der Waals surface area contributed by atoms with Crippen LogP contribution in [0.25, 0.3) is 28.0 Å². The van der Waals surface area contributed by atoms with Crippen LogP contribution in [0.15, 0.2) is 120 Å². The molecule has 3 nitrogen and oxygen atoms in total. The van der Waals surface area contributed by atoms with Gasteiger partial charge < -0.3 is 10.6 Å². The lowest BCUT2D eigenvalue weighted by Gasteiger charge is -2.05. The number of allylic oxidation sites excluding steroid dienone is 1. The van der Waals surface area contributed by atoms with Gasteiger partial charge in [-0.3, -0.25) is 0 Å². The second-order valence-corrected chi connectivity index (χ2v) is 7.33. The van der Waals surface area contributed by atoms with Gasteiger partial charge >= 0.3 is 0 Å². The van der Waals surface area contributed by atoms with Crippen molar-refractivity contribution in [2.24, 2.45) is 10.9 Å². The molecule has 0 fully saturated rings. The first-order chi connectivity index (χ1) is 15.2. The van der Waals surface area contributed by atoms with Crippen LogP contribution in [0.5, 0.6) is 5.75 Å². The molecule has 31 heavy (non-hydrogen) atoms. The fourth-order valence-corrected chi connectivity index (χ4v) is 3.31. The molecule has 0 saturated heterocycles. The van der Waals surface area contributed by atoms with E-state index in [1.807, 2.05) is 84.9 Å². The minimum Gasteiger partial charge on any atom is -0.398 e. The molecule has 0 bridgehead atoms. The molecule has 152 valence electrons. The molecule has 0 atom stereocenters. The van der Waals surface area contributed by atoms with E-state index in [-0.39, 0.29) is 5.17 Å². The van der Waals surface area contributed by atoms with Crippen molar-refractivity contribution in [2.75, 3.05) is 0 Å². The lowest BCUT2D eigenvalue weighted by Crippen LogP contribution is -1.99. The van der Waals surface area contributed by atoms with E-state index < -0.39 is 0 Å². The van der Waals surface area contributed by atoms with Crippen LogP contribution in [0.1, 0.15) is 5.56 Å². The summed E-state index contributed by atoms with van der Waals surface area (Å²) in [5.74, 6) is 0.594. The molecule has 4 rings (SSSR count). The van der Waals surface area contributed by atoms with Gasteiger partial charge in [-0.1, -0.05) is 114 Å². The van der Waals surface area contributed by atoms with E-state index in [2.05, 4.69) is 29.4 Å².